The topological polar surface area (TPSA) is 36.1 Å². The Morgan fingerprint density at radius 2 is 0.579 bits per heavy atom. The van der Waals surface area contributed by atoms with Gasteiger partial charge in [-0.2, -0.15) is 0 Å². The number of nitrogens with zero attached hydrogens (tertiary/aromatic N) is 2. The zero-order chi connectivity index (χ0) is 49.8. The van der Waals surface area contributed by atoms with Gasteiger partial charge in [-0.05, 0) is 112 Å². The van der Waals surface area contributed by atoms with Gasteiger partial charge in [-0.15, -0.1) is 0 Å². The third-order valence-electron chi connectivity index (χ3n) is 15.8. The number of aromatic nitrogens is 2. The van der Waals surface area contributed by atoms with E-state index in [0.29, 0.717) is 0 Å². The van der Waals surface area contributed by atoms with Crippen LogP contribution >= 0.6 is 0 Å². The second kappa shape index (κ2) is 16.7. The summed E-state index contributed by atoms with van der Waals surface area (Å²) in [4.78, 5) is 0. The third kappa shape index (κ3) is 6.51. The molecule has 76 heavy (non-hydrogen) atoms. The van der Waals surface area contributed by atoms with E-state index in [1.807, 2.05) is 12.1 Å². The predicted octanol–water partition coefficient (Wildman–Crippen LogP) is 20.0. The Labute approximate surface area is 437 Å². The molecule has 0 spiro atoms. The van der Waals surface area contributed by atoms with Gasteiger partial charge < -0.3 is 18.0 Å². The molecule has 16 rings (SSSR count). The lowest BCUT2D eigenvalue weighted by atomic mass is 9.97. The van der Waals surface area contributed by atoms with Crippen molar-refractivity contribution in [2.45, 2.75) is 0 Å². The molecule has 4 aromatic heterocycles. The van der Waals surface area contributed by atoms with Crippen LogP contribution in [0.2, 0.25) is 0 Å². The molecule has 0 saturated heterocycles. The molecule has 0 saturated carbocycles. The lowest BCUT2D eigenvalue weighted by Crippen LogP contribution is -1.94. The molecule has 4 nitrogen and oxygen atoms in total. The van der Waals surface area contributed by atoms with Gasteiger partial charge in [-0.1, -0.05) is 194 Å². The van der Waals surface area contributed by atoms with E-state index in [1.54, 1.807) is 0 Å². The number of hydrogen-bond donors (Lipinski definition) is 0. The lowest BCUT2D eigenvalue weighted by Gasteiger charge is -2.11. The molecule has 0 aliphatic rings. The van der Waals surface area contributed by atoms with Gasteiger partial charge >= 0.3 is 0 Å². The highest BCUT2D eigenvalue weighted by Crippen LogP contribution is 2.43. The first-order valence-corrected chi connectivity index (χ1v) is 26.0. The highest BCUT2D eigenvalue weighted by atomic mass is 16.3. The summed E-state index contributed by atoms with van der Waals surface area (Å²) in [5.41, 5.74) is 21.8. The molecule has 0 unspecified atom stereocenters. The van der Waals surface area contributed by atoms with Gasteiger partial charge in [0.05, 0.1) is 22.1 Å². The zero-order valence-electron chi connectivity index (χ0n) is 41.1. The Kier molecular flexibility index (Phi) is 9.30. The van der Waals surface area contributed by atoms with E-state index in [4.69, 9.17) is 8.83 Å². The predicted molar refractivity (Wildman–Crippen MR) is 317 cm³/mol. The van der Waals surface area contributed by atoms with Crippen molar-refractivity contribution in [3.63, 3.8) is 0 Å². The van der Waals surface area contributed by atoms with Gasteiger partial charge in [0, 0.05) is 71.2 Å². The van der Waals surface area contributed by atoms with Crippen LogP contribution in [0.5, 0.6) is 0 Å². The van der Waals surface area contributed by atoms with Crippen molar-refractivity contribution in [1.82, 2.24) is 9.13 Å². The van der Waals surface area contributed by atoms with E-state index < -0.39 is 0 Å². The van der Waals surface area contributed by atoms with Crippen LogP contribution in [0.15, 0.2) is 276 Å². The fourth-order valence-corrected chi connectivity index (χ4v) is 12.2. The fourth-order valence-electron chi connectivity index (χ4n) is 12.2. The first-order valence-electron chi connectivity index (χ1n) is 26.0. The molecule has 0 amide bonds. The standard InChI is InChI=1S/C72H44N2O2/c1-3-14-46(15-4-1)54-20-12-24-60-61-25-13-22-56(72(61)76-71(54)60)47-30-28-45(29-31-47)49-34-39-67-63(42-49)64-44-51(50-35-40-66-62(43-50)57-18-7-9-26-65(57)73(66)52-16-5-2-6-17-52)36-41-68(64)74(67)53-37-32-48(33-38-53)55-21-11-23-59-58-19-8-10-27-69(58)75-70(55)59/h1-44H. The summed E-state index contributed by atoms with van der Waals surface area (Å²) in [6.07, 6.45) is 0. The summed E-state index contributed by atoms with van der Waals surface area (Å²) in [7, 11) is 0. The van der Waals surface area contributed by atoms with Crippen LogP contribution in [-0.4, -0.2) is 9.13 Å². The molecular formula is C72H44N2O2. The van der Waals surface area contributed by atoms with E-state index in [9.17, 15) is 0 Å². The van der Waals surface area contributed by atoms with Crippen molar-refractivity contribution in [1.29, 1.82) is 0 Å². The van der Waals surface area contributed by atoms with E-state index >= 15 is 0 Å². The molecule has 0 aliphatic carbocycles. The van der Waals surface area contributed by atoms with Crippen LogP contribution in [0.3, 0.4) is 0 Å². The van der Waals surface area contributed by atoms with Crippen LogP contribution in [0.1, 0.15) is 0 Å². The SMILES string of the molecule is c1ccc(-c2cccc3c2oc2c(-c4ccc(-c5ccc6c(c5)c5cc(-c7ccc8c(c7)c7ccccc7n8-c7ccccc7)ccc5n6-c5ccc(-c6cccc7c6oc6ccccc67)cc5)cc4)cccc23)cc1. The molecule has 354 valence electrons. The Morgan fingerprint density at radius 1 is 0.211 bits per heavy atom. The van der Waals surface area contributed by atoms with Crippen LogP contribution in [-0.2, 0) is 0 Å². The zero-order valence-corrected chi connectivity index (χ0v) is 41.1. The first kappa shape index (κ1) is 42.4. The van der Waals surface area contributed by atoms with Crippen LogP contribution in [0, 0.1) is 0 Å². The minimum Gasteiger partial charge on any atom is -0.455 e. The van der Waals surface area contributed by atoms with E-state index in [1.165, 1.54) is 43.7 Å². The molecule has 0 bridgehead atoms. The number of furan rings is 2. The minimum absolute atomic E-state index is 0.901. The third-order valence-corrected chi connectivity index (χ3v) is 15.8. The summed E-state index contributed by atoms with van der Waals surface area (Å²) in [5, 5.41) is 9.36. The quantitative estimate of drug-likeness (QED) is 0.160. The van der Waals surface area contributed by atoms with Crippen LogP contribution in [0.4, 0.5) is 0 Å². The van der Waals surface area contributed by atoms with Crippen molar-refractivity contribution in [3.8, 4) is 67.0 Å². The summed E-state index contributed by atoms with van der Waals surface area (Å²) in [6.45, 7) is 0. The highest BCUT2D eigenvalue weighted by molar-refractivity contribution is 6.15. The average Bonchev–Trinajstić information content (AvgIpc) is 4.25. The minimum atomic E-state index is 0.901. The largest absolute Gasteiger partial charge is 0.455 e. The summed E-state index contributed by atoms with van der Waals surface area (Å²) in [5.74, 6) is 0. The summed E-state index contributed by atoms with van der Waals surface area (Å²) >= 11 is 0. The molecule has 0 fully saturated rings. The van der Waals surface area contributed by atoms with Crippen LogP contribution < -0.4 is 0 Å². The molecule has 0 radical (unpaired) electrons. The highest BCUT2D eigenvalue weighted by Gasteiger charge is 2.20. The van der Waals surface area contributed by atoms with Gasteiger partial charge in [0.1, 0.15) is 22.3 Å². The van der Waals surface area contributed by atoms with Gasteiger partial charge in [0.2, 0.25) is 0 Å². The molecule has 4 heterocycles. The molecule has 16 aromatic rings. The first-order chi connectivity index (χ1) is 37.7. The van der Waals surface area contributed by atoms with Gasteiger partial charge in [-0.3, -0.25) is 0 Å². The number of benzene rings is 12. The smallest absolute Gasteiger partial charge is 0.143 e. The molecule has 0 atom stereocenters. The number of fused-ring (bicyclic) bond motifs is 12. The fraction of sp³-hybridized carbons (Fsp3) is 0. The Balaban J connectivity index is 0.827. The van der Waals surface area contributed by atoms with Crippen molar-refractivity contribution < 1.29 is 8.83 Å². The van der Waals surface area contributed by atoms with E-state index in [2.05, 4.69) is 264 Å². The molecule has 0 N–H and O–H groups in total. The summed E-state index contributed by atoms with van der Waals surface area (Å²) < 4.78 is 18.1. The molecule has 4 heteroatoms. The van der Waals surface area contributed by atoms with Crippen molar-refractivity contribution in [2.24, 2.45) is 0 Å². The Bertz CT molecular complexity index is 4960. The van der Waals surface area contributed by atoms with Gasteiger partial charge in [-0.25, -0.2) is 0 Å². The average molecular weight is 969 g/mol. The van der Waals surface area contributed by atoms with Crippen molar-refractivity contribution in [3.05, 3.63) is 267 Å². The van der Waals surface area contributed by atoms with Crippen molar-refractivity contribution >= 4 is 87.5 Å². The maximum atomic E-state index is 6.82. The Morgan fingerprint density at radius 3 is 1.16 bits per heavy atom. The molecule has 12 aromatic carbocycles. The maximum Gasteiger partial charge on any atom is 0.143 e. The second-order valence-corrected chi connectivity index (χ2v) is 20.0. The van der Waals surface area contributed by atoms with Gasteiger partial charge in [0.25, 0.3) is 0 Å². The van der Waals surface area contributed by atoms with Gasteiger partial charge in [0.15, 0.2) is 0 Å². The van der Waals surface area contributed by atoms with E-state index in [-0.39, 0.29) is 0 Å². The number of rotatable bonds is 7. The molecule has 0 aliphatic heterocycles. The lowest BCUT2D eigenvalue weighted by molar-refractivity contribution is 0.670. The molecular weight excluding hydrogens is 925 g/mol. The van der Waals surface area contributed by atoms with Crippen molar-refractivity contribution in [2.75, 3.05) is 0 Å². The number of para-hydroxylation sites is 6. The Hall–Kier alpha value is -10.2. The van der Waals surface area contributed by atoms with E-state index in [0.717, 1.165) is 111 Å². The number of hydrogen-bond acceptors (Lipinski definition) is 2. The summed E-state index contributed by atoms with van der Waals surface area (Å²) in [6, 6.07) is 96.4. The van der Waals surface area contributed by atoms with Crippen LogP contribution in [0.25, 0.3) is 154 Å². The maximum absolute atomic E-state index is 6.82. The normalized spacial score (nSPS) is 11.9. The second-order valence-electron chi connectivity index (χ2n) is 20.0. The monoisotopic (exact) mass is 968 g/mol.